The van der Waals surface area contributed by atoms with Crippen molar-refractivity contribution in [2.45, 2.75) is 31.7 Å². The fourth-order valence-electron chi connectivity index (χ4n) is 1.75. The second kappa shape index (κ2) is 6.64. The molecule has 20 heavy (non-hydrogen) atoms. The molecule has 1 aliphatic rings. The maximum absolute atomic E-state index is 11.5. The molecule has 0 saturated carbocycles. The van der Waals surface area contributed by atoms with Gasteiger partial charge in [0.05, 0.1) is 6.42 Å². The molecular formula is C11H15N3O6. The van der Waals surface area contributed by atoms with E-state index in [1.807, 2.05) is 0 Å². The van der Waals surface area contributed by atoms with Gasteiger partial charge in [-0.25, -0.2) is 4.79 Å². The number of imide groups is 1. The SMILES string of the molecule is NC(=O)C[C@H](NC(=O)CCN1C(=O)CCC1=O)C(=O)O. The summed E-state index contributed by atoms with van der Waals surface area (Å²) in [5.41, 5.74) is 4.87. The van der Waals surface area contributed by atoms with E-state index in [1.54, 1.807) is 0 Å². The second-order valence-electron chi connectivity index (χ2n) is 4.32. The number of amides is 4. The van der Waals surface area contributed by atoms with Crippen molar-refractivity contribution in [3.8, 4) is 0 Å². The molecule has 1 atom stereocenters. The van der Waals surface area contributed by atoms with Gasteiger partial charge in [-0.05, 0) is 0 Å². The van der Waals surface area contributed by atoms with Crippen molar-refractivity contribution in [3.05, 3.63) is 0 Å². The standard InChI is InChI=1S/C11H15N3O6/c12-7(15)5-6(11(19)20)13-8(16)3-4-14-9(17)1-2-10(14)18/h6H,1-5H2,(H2,12,15)(H,13,16)(H,19,20)/t6-/m0/s1. The molecule has 4 N–H and O–H groups in total. The summed E-state index contributed by atoms with van der Waals surface area (Å²) in [6.45, 7) is -0.105. The summed E-state index contributed by atoms with van der Waals surface area (Å²) in [6.07, 6.45) is -0.498. The Bertz CT molecular complexity index is 445. The molecule has 0 aromatic rings. The van der Waals surface area contributed by atoms with Crippen molar-refractivity contribution in [1.82, 2.24) is 10.2 Å². The van der Waals surface area contributed by atoms with Crippen LogP contribution in [0.1, 0.15) is 25.7 Å². The van der Waals surface area contributed by atoms with Crippen LogP contribution in [0.25, 0.3) is 0 Å². The van der Waals surface area contributed by atoms with Crippen molar-refractivity contribution in [2.75, 3.05) is 6.54 Å². The van der Waals surface area contributed by atoms with Crippen molar-refractivity contribution >= 4 is 29.6 Å². The largest absolute Gasteiger partial charge is 0.480 e. The van der Waals surface area contributed by atoms with Crippen molar-refractivity contribution in [3.63, 3.8) is 0 Å². The van der Waals surface area contributed by atoms with Gasteiger partial charge in [0.2, 0.25) is 23.6 Å². The van der Waals surface area contributed by atoms with E-state index in [0.717, 1.165) is 4.90 Å². The maximum Gasteiger partial charge on any atom is 0.326 e. The minimum Gasteiger partial charge on any atom is -0.480 e. The van der Waals surface area contributed by atoms with Crippen LogP contribution in [-0.4, -0.2) is 52.2 Å². The van der Waals surface area contributed by atoms with Gasteiger partial charge in [-0.1, -0.05) is 0 Å². The molecule has 0 aromatic carbocycles. The number of carboxylic acids is 1. The third kappa shape index (κ3) is 4.34. The zero-order chi connectivity index (χ0) is 15.3. The first-order chi connectivity index (χ1) is 9.31. The third-order valence-corrected chi connectivity index (χ3v) is 2.76. The second-order valence-corrected chi connectivity index (χ2v) is 4.32. The van der Waals surface area contributed by atoms with E-state index in [2.05, 4.69) is 5.32 Å². The molecular weight excluding hydrogens is 270 g/mol. The lowest BCUT2D eigenvalue weighted by atomic mass is 10.2. The Hall–Kier alpha value is -2.45. The molecule has 0 bridgehead atoms. The van der Waals surface area contributed by atoms with Crippen molar-refractivity contribution in [2.24, 2.45) is 5.73 Å². The van der Waals surface area contributed by atoms with Crippen LogP contribution in [0.5, 0.6) is 0 Å². The Morgan fingerprint density at radius 2 is 1.80 bits per heavy atom. The zero-order valence-corrected chi connectivity index (χ0v) is 10.6. The highest BCUT2D eigenvalue weighted by Gasteiger charge is 2.29. The fraction of sp³-hybridized carbons (Fsp3) is 0.545. The van der Waals surface area contributed by atoms with E-state index >= 15 is 0 Å². The highest BCUT2D eigenvalue weighted by atomic mass is 16.4. The fourth-order valence-corrected chi connectivity index (χ4v) is 1.75. The zero-order valence-electron chi connectivity index (χ0n) is 10.6. The minimum absolute atomic E-state index is 0.105. The van der Waals surface area contributed by atoms with Crippen LogP contribution in [0, 0.1) is 0 Å². The smallest absolute Gasteiger partial charge is 0.326 e. The number of nitrogens with one attached hydrogen (secondary N) is 1. The summed E-state index contributed by atoms with van der Waals surface area (Å²) in [5, 5.41) is 10.9. The molecule has 1 aliphatic heterocycles. The summed E-state index contributed by atoms with van der Waals surface area (Å²) >= 11 is 0. The summed E-state index contributed by atoms with van der Waals surface area (Å²) in [5.74, 6) is -3.62. The summed E-state index contributed by atoms with van der Waals surface area (Å²) in [7, 11) is 0. The molecule has 0 spiro atoms. The molecule has 0 radical (unpaired) electrons. The number of likely N-dealkylation sites (tertiary alicyclic amines) is 1. The van der Waals surface area contributed by atoms with Gasteiger partial charge in [0, 0.05) is 25.8 Å². The van der Waals surface area contributed by atoms with E-state index in [9.17, 15) is 24.0 Å². The third-order valence-electron chi connectivity index (χ3n) is 2.76. The summed E-state index contributed by atoms with van der Waals surface area (Å²) in [4.78, 5) is 56.5. The topological polar surface area (TPSA) is 147 Å². The average Bonchev–Trinajstić information content (AvgIpc) is 2.65. The Labute approximate surface area is 114 Å². The number of carboxylic acid groups (broad SMARTS) is 1. The predicted octanol–water partition coefficient (Wildman–Crippen LogP) is -2.03. The average molecular weight is 285 g/mol. The van der Waals surface area contributed by atoms with Crippen LogP contribution in [0.15, 0.2) is 0 Å². The molecule has 1 saturated heterocycles. The van der Waals surface area contributed by atoms with Gasteiger partial charge in [0.1, 0.15) is 6.04 Å². The highest BCUT2D eigenvalue weighted by molar-refractivity contribution is 6.02. The van der Waals surface area contributed by atoms with Crippen LogP contribution in [0.3, 0.4) is 0 Å². The van der Waals surface area contributed by atoms with E-state index in [1.165, 1.54) is 0 Å². The highest BCUT2D eigenvalue weighted by Crippen LogP contribution is 2.11. The van der Waals surface area contributed by atoms with Crippen LogP contribution < -0.4 is 11.1 Å². The van der Waals surface area contributed by atoms with Crippen molar-refractivity contribution < 1.29 is 29.1 Å². The van der Waals surface area contributed by atoms with Gasteiger partial charge < -0.3 is 16.2 Å². The molecule has 1 heterocycles. The summed E-state index contributed by atoms with van der Waals surface area (Å²) in [6, 6.07) is -1.41. The van der Waals surface area contributed by atoms with Crippen LogP contribution in [0.4, 0.5) is 0 Å². The maximum atomic E-state index is 11.5. The Morgan fingerprint density at radius 3 is 2.25 bits per heavy atom. The van der Waals surface area contributed by atoms with E-state index < -0.39 is 30.2 Å². The van der Waals surface area contributed by atoms with Gasteiger partial charge in [0.25, 0.3) is 0 Å². The lowest BCUT2D eigenvalue weighted by Crippen LogP contribution is -2.44. The molecule has 4 amide bonds. The van der Waals surface area contributed by atoms with E-state index in [-0.39, 0.29) is 37.6 Å². The van der Waals surface area contributed by atoms with Gasteiger partial charge >= 0.3 is 5.97 Å². The Morgan fingerprint density at radius 1 is 1.25 bits per heavy atom. The first-order valence-corrected chi connectivity index (χ1v) is 5.95. The van der Waals surface area contributed by atoms with Crippen LogP contribution in [0.2, 0.25) is 0 Å². The normalized spacial score (nSPS) is 16.1. The lowest BCUT2D eigenvalue weighted by molar-refractivity contribution is -0.144. The van der Waals surface area contributed by atoms with Gasteiger partial charge in [0.15, 0.2) is 0 Å². The molecule has 0 aromatic heterocycles. The number of primary amides is 1. The summed E-state index contributed by atoms with van der Waals surface area (Å²) < 4.78 is 0. The van der Waals surface area contributed by atoms with Gasteiger partial charge in [-0.2, -0.15) is 0 Å². The van der Waals surface area contributed by atoms with Crippen LogP contribution >= 0.6 is 0 Å². The number of nitrogens with zero attached hydrogens (tertiary/aromatic N) is 1. The van der Waals surface area contributed by atoms with Gasteiger partial charge in [-0.15, -0.1) is 0 Å². The molecule has 1 fully saturated rings. The number of nitrogens with two attached hydrogens (primary N) is 1. The van der Waals surface area contributed by atoms with Crippen molar-refractivity contribution in [1.29, 1.82) is 0 Å². The quantitative estimate of drug-likeness (QED) is 0.459. The molecule has 1 rings (SSSR count). The molecule has 0 unspecified atom stereocenters. The predicted molar refractivity (Wildman–Crippen MR) is 63.9 cm³/mol. The number of carbonyl (C=O) groups excluding carboxylic acids is 4. The monoisotopic (exact) mass is 285 g/mol. The lowest BCUT2D eigenvalue weighted by Gasteiger charge is -2.15. The van der Waals surface area contributed by atoms with E-state index in [4.69, 9.17) is 10.8 Å². The molecule has 9 heteroatoms. The number of hydrogen-bond acceptors (Lipinski definition) is 5. The van der Waals surface area contributed by atoms with Crippen LogP contribution in [-0.2, 0) is 24.0 Å². The number of rotatable bonds is 7. The molecule has 0 aliphatic carbocycles. The first-order valence-electron chi connectivity index (χ1n) is 5.95. The first kappa shape index (κ1) is 15.6. The number of aliphatic carboxylic acids is 1. The van der Waals surface area contributed by atoms with Gasteiger partial charge in [-0.3, -0.25) is 24.1 Å². The van der Waals surface area contributed by atoms with E-state index in [0.29, 0.717) is 0 Å². The minimum atomic E-state index is -1.41. The number of carbonyl (C=O) groups is 5. The number of hydrogen-bond donors (Lipinski definition) is 3. The molecule has 9 nitrogen and oxygen atoms in total. The Kier molecular flexibility index (Phi) is 5.18. The Balaban J connectivity index is 2.46. The molecule has 110 valence electrons.